The highest BCUT2D eigenvalue weighted by Crippen LogP contribution is 2.21. The molecule has 1 N–H and O–H groups in total. The molecule has 2 aliphatic rings. The fraction of sp³-hybridized carbons (Fsp3) is 0.833. The number of ether oxygens (including phenoxy) is 1. The number of rotatable bonds is 7. The number of carbonyl (C=O) groups excluding carboxylic acids is 3. The van der Waals surface area contributed by atoms with Crippen LogP contribution in [0.15, 0.2) is 0 Å². The van der Waals surface area contributed by atoms with Crippen molar-refractivity contribution in [3.63, 3.8) is 0 Å². The van der Waals surface area contributed by atoms with Crippen molar-refractivity contribution in [2.75, 3.05) is 60.0 Å². The van der Waals surface area contributed by atoms with Crippen molar-refractivity contribution in [3.8, 4) is 0 Å². The smallest absolute Gasteiger partial charge is 0.319 e. The Bertz CT molecular complexity index is 486. The van der Waals surface area contributed by atoms with Gasteiger partial charge in [0.2, 0.25) is 11.8 Å². The molecule has 2 fully saturated rings. The van der Waals surface area contributed by atoms with Crippen LogP contribution in [0.25, 0.3) is 0 Å². The van der Waals surface area contributed by atoms with Crippen molar-refractivity contribution < 1.29 is 19.1 Å². The molecule has 0 saturated carbocycles. The monoisotopic (exact) mass is 368 g/mol. The van der Waals surface area contributed by atoms with E-state index < -0.39 is 0 Å². The minimum Gasteiger partial charge on any atom is -0.385 e. The fourth-order valence-corrected chi connectivity index (χ4v) is 3.53. The van der Waals surface area contributed by atoms with Crippen LogP contribution in [-0.4, -0.2) is 92.6 Å². The molecule has 0 atom stereocenters. The maximum absolute atomic E-state index is 12.6. The normalized spacial score (nSPS) is 18.1. The molecule has 0 aromatic heterocycles. The zero-order valence-corrected chi connectivity index (χ0v) is 16.0. The Morgan fingerprint density at radius 2 is 1.69 bits per heavy atom. The zero-order chi connectivity index (χ0) is 18.9. The van der Waals surface area contributed by atoms with E-state index >= 15 is 0 Å². The molecule has 26 heavy (non-hydrogen) atoms. The first-order valence-electron chi connectivity index (χ1n) is 9.57. The van der Waals surface area contributed by atoms with Crippen LogP contribution in [-0.2, 0) is 14.3 Å². The first-order valence-corrected chi connectivity index (χ1v) is 9.57. The van der Waals surface area contributed by atoms with Crippen LogP contribution in [0, 0.1) is 5.92 Å². The van der Waals surface area contributed by atoms with E-state index in [1.165, 1.54) is 4.90 Å². The number of likely N-dealkylation sites (tertiary alicyclic amines) is 2. The van der Waals surface area contributed by atoms with Gasteiger partial charge in [0.1, 0.15) is 0 Å². The Labute approximate surface area is 155 Å². The SMILES string of the molecule is COCCCNC(=O)CN(C)C(=O)C1CCN(C(=O)N2CCCC2)CC1. The number of hydrogen-bond acceptors (Lipinski definition) is 4. The number of nitrogens with zero attached hydrogens (tertiary/aromatic N) is 3. The molecule has 148 valence electrons. The van der Waals surface area contributed by atoms with Gasteiger partial charge in [-0.15, -0.1) is 0 Å². The lowest BCUT2D eigenvalue weighted by Gasteiger charge is -2.35. The first-order chi connectivity index (χ1) is 12.5. The third kappa shape index (κ3) is 5.86. The van der Waals surface area contributed by atoms with Crippen LogP contribution in [0.4, 0.5) is 4.79 Å². The topological polar surface area (TPSA) is 82.2 Å². The van der Waals surface area contributed by atoms with Gasteiger partial charge in [0, 0.05) is 59.4 Å². The fourth-order valence-electron chi connectivity index (χ4n) is 3.53. The number of likely N-dealkylation sites (N-methyl/N-ethyl adjacent to an activating group) is 1. The maximum atomic E-state index is 12.6. The summed E-state index contributed by atoms with van der Waals surface area (Å²) >= 11 is 0. The lowest BCUT2D eigenvalue weighted by Crippen LogP contribution is -2.48. The molecule has 2 aliphatic heterocycles. The van der Waals surface area contributed by atoms with Crippen molar-refractivity contribution in [2.45, 2.75) is 32.1 Å². The summed E-state index contributed by atoms with van der Waals surface area (Å²) in [5.74, 6) is -0.271. The van der Waals surface area contributed by atoms with E-state index in [2.05, 4.69) is 5.32 Å². The third-order valence-electron chi connectivity index (χ3n) is 5.10. The van der Waals surface area contributed by atoms with Crippen LogP contribution in [0.3, 0.4) is 0 Å². The summed E-state index contributed by atoms with van der Waals surface area (Å²) in [5.41, 5.74) is 0. The second-order valence-electron chi connectivity index (χ2n) is 7.13. The largest absolute Gasteiger partial charge is 0.385 e. The Balaban J connectivity index is 1.69. The molecule has 8 heteroatoms. The lowest BCUT2D eigenvalue weighted by atomic mass is 9.95. The molecule has 4 amide bonds. The number of methoxy groups -OCH3 is 1. The van der Waals surface area contributed by atoms with Gasteiger partial charge in [0.15, 0.2) is 0 Å². The Morgan fingerprint density at radius 1 is 1.08 bits per heavy atom. The highest BCUT2D eigenvalue weighted by Gasteiger charge is 2.31. The van der Waals surface area contributed by atoms with E-state index in [0.29, 0.717) is 39.1 Å². The number of urea groups is 1. The number of piperidine rings is 1. The average molecular weight is 368 g/mol. The summed E-state index contributed by atoms with van der Waals surface area (Å²) in [7, 11) is 3.29. The third-order valence-corrected chi connectivity index (χ3v) is 5.10. The molecule has 0 aliphatic carbocycles. The number of carbonyl (C=O) groups is 3. The predicted octanol–water partition coefficient (Wildman–Crippen LogP) is 0.525. The summed E-state index contributed by atoms with van der Waals surface area (Å²) in [5, 5.41) is 2.79. The summed E-state index contributed by atoms with van der Waals surface area (Å²) in [6.45, 7) is 4.14. The van der Waals surface area contributed by atoms with Crippen molar-refractivity contribution >= 4 is 17.8 Å². The number of hydrogen-bond donors (Lipinski definition) is 1. The van der Waals surface area contributed by atoms with Crippen LogP contribution >= 0.6 is 0 Å². The van der Waals surface area contributed by atoms with Gasteiger partial charge in [0.25, 0.3) is 0 Å². The van der Waals surface area contributed by atoms with E-state index in [9.17, 15) is 14.4 Å². The molecule has 0 aromatic rings. The molecule has 2 saturated heterocycles. The van der Waals surface area contributed by atoms with Gasteiger partial charge >= 0.3 is 6.03 Å². The van der Waals surface area contributed by atoms with Crippen LogP contribution in [0.5, 0.6) is 0 Å². The lowest BCUT2D eigenvalue weighted by molar-refractivity contribution is -0.139. The van der Waals surface area contributed by atoms with Crippen LogP contribution in [0.1, 0.15) is 32.1 Å². The molecular weight excluding hydrogens is 336 g/mol. The molecule has 0 bridgehead atoms. The first kappa shape index (κ1) is 20.5. The standard InChI is InChI=1S/C18H32N4O4/c1-20(14-16(23)19-8-5-13-26-2)17(24)15-6-11-22(12-7-15)18(25)21-9-3-4-10-21/h15H,3-14H2,1-2H3,(H,19,23). The van der Waals surface area contributed by atoms with Gasteiger partial charge in [-0.05, 0) is 32.1 Å². The highest BCUT2D eigenvalue weighted by atomic mass is 16.5. The van der Waals surface area contributed by atoms with Crippen LogP contribution < -0.4 is 5.32 Å². The molecular formula is C18H32N4O4. The summed E-state index contributed by atoms with van der Waals surface area (Å²) in [6.07, 6.45) is 4.25. The summed E-state index contributed by atoms with van der Waals surface area (Å²) in [6, 6.07) is 0.109. The number of amides is 4. The van der Waals surface area contributed by atoms with Gasteiger partial charge in [-0.1, -0.05) is 0 Å². The molecule has 0 aromatic carbocycles. The Morgan fingerprint density at radius 3 is 2.31 bits per heavy atom. The van der Waals surface area contributed by atoms with E-state index in [0.717, 1.165) is 32.4 Å². The highest BCUT2D eigenvalue weighted by molar-refractivity contribution is 5.86. The molecule has 8 nitrogen and oxygen atoms in total. The van der Waals surface area contributed by atoms with Crippen LogP contribution in [0.2, 0.25) is 0 Å². The van der Waals surface area contributed by atoms with E-state index in [1.807, 2.05) is 9.80 Å². The predicted molar refractivity (Wildman–Crippen MR) is 97.6 cm³/mol. The zero-order valence-electron chi connectivity index (χ0n) is 16.0. The van der Waals surface area contributed by atoms with Gasteiger partial charge < -0.3 is 24.8 Å². The van der Waals surface area contributed by atoms with Gasteiger partial charge in [-0.25, -0.2) is 4.79 Å². The molecule has 2 heterocycles. The van der Waals surface area contributed by atoms with Crippen molar-refractivity contribution in [1.29, 1.82) is 0 Å². The minimum absolute atomic E-state index is 0.00897. The number of nitrogens with one attached hydrogen (secondary N) is 1. The second-order valence-corrected chi connectivity index (χ2v) is 7.13. The Hall–Kier alpha value is -1.83. The van der Waals surface area contributed by atoms with E-state index in [4.69, 9.17) is 4.74 Å². The van der Waals surface area contributed by atoms with Gasteiger partial charge in [-0.3, -0.25) is 9.59 Å². The van der Waals surface area contributed by atoms with Crippen molar-refractivity contribution in [3.05, 3.63) is 0 Å². The quantitative estimate of drug-likeness (QED) is 0.665. The average Bonchev–Trinajstić information content (AvgIpc) is 3.19. The van der Waals surface area contributed by atoms with Gasteiger partial charge in [-0.2, -0.15) is 0 Å². The minimum atomic E-state index is -0.154. The van der Waals surface area contributed by atoms with E-state index in [1.54, 1.807) is 14.2 Å². The molecule has 0 spiro atoms. The van der Waals surface area contributed by atoms with Crippen molar-refractivity contribution in [2.24, 2.45) is 5.92 Å². The molecule has 0 radical (unpaired) electrons. The molecule has 2 rings (SSSR count). The molecule has 0 unspecified atom stereocenters. The van der Waals surface area contributed by atoms with Crippen molar-refractivity contribution in [1.82, 2.24) is 20.0 Å². The Kier molecular flexibility index (Phi) is 8.15. The summed E-state index contributed by atoms with van der Waals surface area (Å²) in [4.78, 5) is 42.1. The van der Waals surface area contributed by atoms with Gasteiger partial charge in [0.05, 0.1) is 6.54 Å². The second kappa shape index (κ2) is 10.4. The summed E-state index contributed by atoms with van der Waals surface area (Å²) < 4.78 is 4.93. The van der Waals surface area contributed by atoms with E-state index in [-0.39, 0.29) is 30.3 Å². The maximum Gasteiger partial charge on any atom is 0.319 e.